The van der Waals surface area contributed by atoms with Crippen LogP contribution in [0.3, 0.4) is 0 Å². The maximum atomic E-state index is 12.2. The Labute approximate surface area is 177 Å². The highest BCUT2D eigenvalue weighted by Crippen LogP contribution is 2.27. The molecule has 0 saturated carbocycles. The summed E-state index contributed by atoms with van der Waals surface area (Å²) in [4.78, 5) is 25.8. The van der Waals surface area contributed by atoms with Gasteiger partial charge in [0, 0.05) is 37.5 Å². The van der Waals surface area contributed by atoms with Gasteiger partial charge in [-0.05, 0) is 43.5 Å². The number of carbonyl (C=O) groups excluding carboxylic acids is 2. The van der Waals surface area contributed by atoms with Gasteiger partial charge in [0.1, 0.15) is 0 Å². The minimum atomic E-state index is -0.107. The predicted octanol–water partition coefficient (Wildman–Crippen LogP) is 2.99. The molecule has 2 fully saturated rings. The number of benzene rings is 1. The number of ether oxygens (including phenoxy) is 1. The summed E-state index contributed by atoms with van der Waals surface area (Å²) in [5.74, 6) is 0.302. The Morgan fingerprint density at radius 2 is 2.14 bits per heavy atom. The largest absolute Gasteiger partial charge is 0.376 e. The first-order valence-electron chi connectivity index (χ1n) is 9.69. The number of hydrogen-bond acceptors (Lipinski definition) is 8. The molecule has 0 unspecified atom stereocenters. The van der Waals surface area contributed by atoms with Crippen molar-refractivity contribution in [1.29, 1.82) is 0 Å². The third-order valence-corrected chi connectivity index (χ3v) is 6.79. The molecule has 0 aliphatic carbocycles. The van der Waals surface area contributed by atoms with Crippen LogP contribution in [0.1, 0.15) is 25.7 Å². The summed E-state index contributed by atoms with van der Waals surface area (Å²) in [5, 5.41) is 15.1. The number of thioether (sulfide) groups is 1. The normalized spacial score (nSPS) is 19.0. The molecule has 2 aliphatic rings. The smallest absolute Gasteiger partial charge is 0.234 e. The van der Waals surface area contributed by atoms with Crippen molar-refractivity contribution in [3.05, 3.63) is 24.3 Å². The molecule has 0 bridgehead atoms. The molecule has 2 amide bonds. The summed E-state index contributed by atoms with van der Waals surface area (Å²) in [6.07, 6.45) is 3.93. The van der Waals surface area contributed by atoms with Crippen molar-refractivity contribution >= 4 is 51.4 Å². The number of carbonyl (C=O) groups is 2. The monoisotopic (exact) mass is 433 g/mol. The molecule has 1 aromatic carbocycles. The molecular formula is C19H23N5O3S2. The van der Waals surface area contributed by atoms with Gasteiger partial charge in [-0.2, -0.15) is 0 Å². The van der Waals surface area contributed by atoms with E-state index in [0.717, 1.165) is 54.1 Å². The number of anilines is 3. The molecule has 10 heteroatoms. The molecule has 2 aromatic rings. The molecule has 154 valence electrons. The summed E-state index contributed by atoms with van der Waals surface area (Å²) in [6.45, 7) is 2.32. The van der Waals surface area contributed by atoms with Gasteiger partial charge in [0.25, 0.3) is 0 Å². The predicted molar refractivity (Wildman–Crippen MR) is 115 cm³/mol. The molecule has 3 heterocycles. The molecule has 0 radical (unpaired) electrons. The van der Waals surface area contributed by atoms with Crippen molar-refractivity contribution in [2.45, 2.75) is 36.1 Å². The highest BCUT2D eigenvalue weighted by atomic mass is 32.2. The number of aromatic nitrogens is 2. The lowest BCUT2D eigenvalue weighted by Crippen LogP contribution is -2.23. The second-order valence-corrected chi connectivity index (χ2v) is 9.12. The maximum absolute atomic E-state index is 12.2. The van der Waals surface area contributed by atoms with E-state index in [-0.39, 0.29) is 23.7 Å². The molecule has 8 nitrogen and oxygen atoms in total. The highest BCUT2D eigenvalue weighted by molar-refractivity contribution is 8.01. The van der Waals surface area contributed by atoms with Crippen molar-refractivity contribution in [3.63, 3.8) is 0 Å². The van der Waals surface area contributed by atoms with E-state index in [0.29, 0.717) is 12.1 Å². The van der Waals surface area contributed by atoms with Crippen molar-refractivity contribution in [2.75, 3.05) is 41.0 Å². The van der Waals surface area contributed by atoms with Crippen molar-refractivity contribution in [3.8, 4) is 0 Å². The van der Waals surface area contributed by atoms with Gasteiger partial charge in [-0.25, -0.2) is 0 Å². The van der Waals surface area contributed by atoms with Crippen LogP contribution >= 0.6 is 23.1 Å². The van der Waals surface area contributed by atoms with Gasteiger partial charge in [0.15, 0.2) is 4.34 Å². The van der Waals surface area contributed by atoms with E-state index < -0.39 is 0 Å². The lowest BCUT2D eigenvalue weighted by molar-refractivity contribution is -0.117. The van der Waals surface area contributed by atoms with Gasteiger partial charge in [-0.3, -0.25) is 9.59 Å². The second kappa shape index (κ2) is 9.55. The Balaban J connectivity index is 1.21. The fourth-order valence-corrected chi connectivity index (χ4v) is 4.88. The SMILES string of the molecule is O=C(CSc1nnc(NC[C@H]2CCCO2)s1)Nc1ccc(N2CCCC2=O)cc1. The molecule has 0 spiro atoms. The Hall–Kier alpha value is -2.17. The summed E-state index contributed by atoms with van der Waals surface area (Å²) in [6, 6.07) is 7.37. The van der Waals surface area contributed by atoms with E-state index in [1.165, 1.54) is 23.1 Å². The number of nitrogens with zero attached hydrogens (tertiary/aromatic N) is 3. The fourth-order valence-electron chi connectivity index (χ4n) is 3.32. The minimum absolute atomic E-state index is 0.107. The molecule has 1 aromatic heterocycles. The standard InChI is InChI=1S/C19H23N5O3S2/c25-16(21-13-5-7-14(8-6-13)24-9-1-4-17(24)26)12-28-19-23-22-18(29-19)20-11-15-3-2-10-27-15/h5-8,15H,1-4,9-12H2,(H,20,22)(H,21,25)/t15-/m1/s1. The van der Waals surface area contributed by atoms with Gasteiger partial charge in [0.2, 0.25) is 16.9 Å². The molecule has 29 heavy (non-hydrogen) atoms. The Morgan fingerprint density at radius 3 is 2.86 bits per heavy atom. The Bertz CT molecular complexity index is 852. The van der Waals surface area contributed by atoms with Crippen LogP contribution < -0.4 is 15.5 Å². The van der Waals surface area contributed by atoms with Crippen molar-refractivity contribution in [2.24, 2.45) is 0 Å². The number of amides is 2. The molecule has 2 aliphatic heterocycles. The summed E-state index contributed by atoms with van der Waals surface area (Å²) in [7, 11) is 0. The van der Waals surface area contributed by atoms with E-state index in [1.54, 1.807) is 4.90 Å². The van der Waals surface area contributed by atoms with Gasteiger partial charge < -0.3 is 20.3 Å². The van der Waals surface area contributed by atoms with E-state index in [2.05, 4.69) is 20.8 Å². The molecule has 4 rings (SSSR count). The second-order valence-electron chi connectivity index (χ2n) is 6.92. The Kier molecular flexibility index (Phi) is 6.63. The highest BCUT2D eigenvalue weighted by Gasteiger charge is 2.21. The average molecular weight is 434 g/mol. The van der Waals surface area contributed by atoms with Gasteiger partial charge >= 0.3 is 0 Å². The van der Waals surface area contributed by atoms with E-state index in [4.69, 9.17) is 4.74 Å². The summed E-state index contributed by atoms with van der Waals surface area (Å²) < 4.78 is 6.32. The molecule has 1 atom stereocenters. The number of nitrogens with one attached hydrogen (secondary N) is 2. The molecule has 2 N–H and O–H groups in total. The zero-order valence-corrected chi connectivity index (χ0v) is 17.6. The van der Waals surface area contributed by atoms with Crippen molar-refractivity contribution < 1.29 is 14.3 Å². The quantitative estimate of drug-likeness (QED) is 0.618. The van der Waals surface area contributed by atoms with Crippen molar-refractivity contribution in [1.82, 2.24) is 10.2 Å². The Morgan fingerprint density at radius 1 is 1.28 bits per heavy atom. The molecular weight excluding hydrogens is 410 g/mol. The van der Waals surface area contributed by atoms with Gasteiger partial charge in [-0.1, -0.05) is 23.1 Å². The number of rotatable bonds is 8. The lowest BCUT2D eigenvalue weighted by atomic mass is 10.2. The summed E-state index contributed by atoms with van der Waals surface area (Å²) >= 11 is 2.80. The zero-order valence-electron chi connectivity index (χ0n) is 15.9. The van der Waals surface area contributed by atoms with Crippen LogP contribution in [0.25, 0.3) is 0 Å². The minimum Gasteiger partial charge on any atom is -0.376 e. The first-order valence-corrected chi connectivity index (χ1v) is 11.5. The summed E-state index contributed by atoms with van der Waals surface area (Å²) in [5.41, 5.74) is 1.58. The van der Waals surface area contributed by atoms with E-state index in [1.807, 2.05) is 24.3 Å². The third-order valence-electron chi connectivity index (χ3n) is 4.77. The maximum Gasteiger partial charge on any atom is 0.234 e. The third kappa shape index (κ3) is 5.46. The first-order chi connectivity index (χ1) is 14.2. The average Bonchev–Trinajstić information content (AvgIpc) is 3.48. The van der Waals surface area contributed by atoms with Crippen LogP contribution in [0.4, 0.5) is 16.5 Å². The zero-order chi connectivity index (χ0) is 20.1. The fraction of sp³-hybridized carbons (Fsp3) is 0.474. The van der Waals surface area contributed by atoms with Crippen LogP contribution in [-0.2, 0) is 14.3 Å². The molecule has 2 saturated heterocycles. The lowest BCUT2D eigenvalue weighted by Gasteiger charge is -2.16. The van der Waals surface area contributed by atoms with Crippen LogP contribution in [0.5, 0.6) is 0 Å². The first kappa shape index (κ1) is 20.1. The topological polar surface area (TPSA) is 96.4 Å². The van der Waals surface area contributed by atoms with E-state index >= 15 is 0 Å². The van der Waals surface area contributed by atoms with Crippen LogP contribution in [0, 0.1) is 0 Å². The van der Waals surface area contributed by atoms with Gasteiger partial charge in [0.05, 0.1) is 11.9 Å². The van der Waals surface area contributed by atoms with E-state index in [9.17, 15) is 9.59 Å². The van der Waals surface area contributed by atoms with Crippen LogP contribution in [0.2, 0.25) is 0 Å². The van der Waals surface area contributed by atoms with Gasteiger partial charge in [-0.15, -0.1) is 10.2 Å². The number of hydrogen-bond donors (Lipinski definition) is 2. The van der Waals surface area contributed by atoms with Crippen LogP contribution in [0.15, 0.2) is 28.6 Å². The van der Waals surface area contributed by atoms with Crippen LogP contribution in [-0.4, -0.2) is 53.6 Å².